The number of benzene rings is 1. The van der Waals surface area contributed by atoms with E-state index in [-0.39, 0.29) is 23.5 Å². The summed E-state index contributed by atoms with van der Waals surface area (Å²) in [4.78, 5) is 9.34. The van der Waals surface area contributed by atoms with Crippen molar-refractivity contribution >= 4 is 19.9 Å². The molecule has 0 aliphatic heterocycles. The van der Waals surface area contributed by atoms with Crippen LogP contribution in [0.3, 0.4) is 0 Å². The fourth-order valence-corrected chi connectivity index (χ4v) is 6.28. The van der Waals surface area contributed by atoms with Gasteiger partial charge in [0.05, 0.1) is 11.6 Å². The van der Waals surface area contributed by atoms with Gasteiger partial charge in [0.2, 0.25) is 0 Å². The van der Waals surface area contributed by atoms with Crippen molar-refractivity contribution in [2.24, 2.45) is 17.8 Å². The highest BCUT2D eigenvalue weighted by atomic mass is 35.5. The van der Waals surface area contributed by atoms with Crippen LogP contribution in [0, 0.1) is 23.6 Å². The molecule has 7 heteroatoms. The fourth-order valence-electron chi connectivity index (χ4n) is 5.61. The molecule has 0 saturated heterocycles. The summed E-state index contributed by atoms with van der Waals surface area (Å²) in [6, 6.07) is 3.54. The molecule has 1 aromatic rings. The Balaban J connectivity index is 1.49. The lowest BCUT2D eigenvalue weighted by molar-refractivity contribution is 0.156. The highest BCUT2D eigenvalue weighted by molar-refractivity contribution is 7.49. The Morgan fingerprint density at radius 2 is 1.74 bits per heavy atom. The number of nitrogens with one attached hydrogen (secondary N) is 1. The Labute approximate surface area is 192 Å². The molecule has 4 nitrogen and oxygen atoms in total. The Morgan fingerprint density at radius 3 is 2.35 bits per heavy atom. The summed E-state index contributed by atoms with van der Waals surface area (Å²) in [7, 11) is -1.70. The van der Waals surface area contributed by atoms with Gasteiger partial charge in [-0.05, 0) is 73.8 Å². The second-order valence-corrected chi connectivity index (χ2v) is 11.2. The van der Waals surface area contributed by atoms with Crippen molar-refractivity contribution in [3.8, 4) is 5.75 Å². The summed E-state index contributed by atoms with van der Waals surface area (Å²) < 4.78 is 20.1. The third kappa shape index (κ3) is 7.01. The van der Waals surface area contributed by atoms with Crippen LogP contribution in [0.2, 0.25) is 5.02 Å². The van der Waals surface area contributed by atoms with Crippen LogP contribution in [0.1, 0.15) is 89.0 Å². The summed E-state index contributed by atoms with van der Waals surface area (Å²) in [6.45, 7) is 2.39. The van der Waals surface area contributed by atoms with E-state index in [2.05, 4.69) is 6.92 Å². The van der Waals surface area contributed by atoms with Crippen molar-refractivity contribution in [2.75, 3.05) is 12.8 Å². The van der Waals surface area contributed by atoms with Crippen LogP contribution in [-0.4, -0.2) is 22.9 Å². The molecule has 0 amide bonds. The van der Waals surface area contributed by atoms with E-state index >= 15 is 0 Å². The van der Waals surface area contributed by atoms with Gasteiger partial charge >= 0.3 is 0 Å². The highest BCUT2D eigenvalue weighted by Crippen LogP contribution is 2.46. The van der Waals surface area contributed by atoms with Crippen molar-refractivity contribution in [3.63, 3.8) is 0 Å². The zero-order valence-corrected chi connectivity index (χ0v) is 20.3. The number of rotatable bonds is 10. The zero-order valence-electron chi connectivity index (χ0n) is 18.7. The van der Waals surface area contributed by atoms with Gasteiger partial charge in [-0.25, -0.2) is 4.39 Å². The van der Waals surface area contributed by atoms with Crippen LogP contribution in [0.15, 0.2) is 12.1 Å². The molecular weight excluding hydrogens is 436 g/mol. The van der Waals surface area contributed by atoms with E-state index in [0.29, 0.717) is 5.92 Å². The maximum absolute atomic E-state index is 14.7. The first-order chi connectivity index (χ1) is 15.0. The predicted octanol–water partition coefficient (Wildman–Crippen LogP) is 7.41. The van der Waals surface area contributed by atoms with E-state index in [1.165, 1.54) is 57.8 Å². The van der Waals surface area contributed by atoms with Gasteiger partial charge in [-0.2, -0.15) is 5.25 Å². The average molecular weight is 474 g/mol. The maximum Gasteiger partial charge on any atom is 0.183 e. The first-order valence-electron chi connectivity index (χ1n) is 12.0. The Bertz CT molecular complexity index is 679. The molecule has 2 saturated carbocycles. The van der Waals surface area contributed by atoms with Crippen molar-refractivity contribution in [3.05, 3.63) is 28.5 Å². The van der Waals surface area contributed by atoms with Crippen molar-refractivity contribution < 1.29 is 19.2 Å². The third-order valence-corrected chi connectivity index (χ3v) is 8.71. The van der Waals surface area contributed by atoms with E-state index in [1.807, 2.05) is 6.07 Å². The minimum absolute atomic E-state index is 0.101. The minimum atomic E-state index is -1.70. The molecule has 2 aliphatic rings. The zero-order chi connectivity index (χ0) is 22.2. The van der Waals surface area contributed by atoms with Crippen LogP contribution >= 0.6 is 19.9 Å². The second kappa shape index (κ2) is 12.7. The lowest BCUT2D eigenvalue weighted by Gasteiger charge is -2.38. The van der Waals surface area contributed by atoms with Gasteiger partial charge in [0.1, 0.15) is 8.30 Å². The van der Waals surface area contributed by atoms with E-state index in [9.17, 15) is 9.28 Å². The molecule has 1 aromatic carbocycles. The summed E-state index contributed by atoms with van der Waals surface area (Å²) in [5, 5.41) is 10.6. The van der Waals surface area contributed by atoms with Gasteiger partial charge in [-0.3, -0.25) is 0 Å². The molecule has 3 N–H and O–H groups in total. The second-order valence-electron chi connectivity index (χ2n) is 9.39. The molecule has 1 atom stereocenters. The van der Waals surface area contributed by atoms with Crippen molar-refractivity contribution in [2.45, 2.75) is 83.5 Å². The molecule has 0 aromatic heterocycles. The number of hydrogen-bond acceptors (Lipinski definition) is 4. The largest absolute Gasteiger partial charge is 0.490 e. The van der Waals surface area contributed by atoms with Crippen LogP contribution in [0.4, 0.5) is 4.39 Å². The number of ether oxygens (including phenoxy) is 1. The monoisotopic (exact) mass is 473 g/mol. The third-order valence-electron chi connectivity index (χ3n) is 7.49. The lowest BCUT2D eigenvalue weighted by Crippen LogP contribution is -2.25. The van der Waals surface area contributed by atoms with Crippen molar-refractivity contribution in [1.82, 2.24) is 5.25 Å². The topological polar surface area (TPSA) is 61.7 Å². The van der Waals surface area contributed by atoms with Crippen LogP contribution < -0.4 is 9.99 Å². The summed E-state index contributed by atoms with van der Waals surface area (Å²) >= 11 is 6.39. The smallest absolute Gasteiger partial charge is 0.183 e. The van der Waals surface area contributed by atoms with Gasteiger partial charge in [0, 0.05) is 6.16 Å². The fraction of sp³-hybridized carbons (Fsp3) is 0.750. The average Bonchev–Trinajstić information content (AvgIpc) is 2.81. The van der Waals surface area contributed by atoms with E-state index in [1.54, 1.807) is 11.3 Å². The molecule has 0 radical (unpaired) electrons. The lowest BCUT2D eigenvalue weighted by atomic mass is 9.68. The van der Waals surface area contributed by atoms with Crippen molar-refractivity contribution in [1.29, 1.82) is 0 Å². The molecular formula is C24H38ClFNO3P. The number of unbranched alkanes of at least 4 members (excludes halogenated alkanes) is 1. The highest BCUT2D eigenvalue weighted by Gasteiger charge is 2.32. The normalized spacial score (nSPS) is 27.8. The van der Waals surface area contributed by atoms with E-state index < -0.39 is 14.1 Å². The SMILES string of the molecule is CCCCC1CCC(C2CCC(c3ccc(OCCP(O)NO)c(F)c3Cl)CC2)CC1. The minimum Gasteiger partial charge on any atom is -0.490 e. The van der Waals surface area contributed by atoms with Crippen LogP contribution in [0.25, 0.3) is 0 Å². The summed E-state index contributed by atoms with van der Waals surface area (Å²) in [6.07, 6.45) is 14.5. The summed E-state index contributed by atoms with van der Waals surface area (Å²) in [5.41, 5.74) is 0.898. The Hall–Kier alpha value is -0.450. The van der Waals surface area contributed by atoms with Crippen LogP contribution in [-0.2, 0) is 0 Å². The quantitative estimate of drug-likeness (QED) is 0.244. The van der Waals surface area contributed by atoms with Gasteiger partial charge in [0.15, 0.2) is 11.6 Å². The molecule has 2 aliphatic carbocycles. The maximum atomic E-state index is 14.7. The Morgan fingerprint density at radius 1 is 1.10 bits per heavy atom. The molecule has 0 heterocycles. The molecule has 31 heavy (non-hydrogen) atoms. The first-order valence-corrected chi connectivity index (χ1v) is 13.9. The van der Waals surface area contributed by atoms with E-state index in [0.717, 1.165) is 36.2 Å². The predicted molar refractivity (Wildman–Crippen MR) is 126 cm³/mol. The Kier molecular flexibility index (Phi) is 10.3. The first kappa shape index (κ1) is 25.2. The standard InChI is InChI=1S/C24H38ClFNO3P/c1-2-3-4-17-5-7-18(8-6-17)19-9-11-20(12-10-19)21-13-14-22(24(26)23(21)25)30-15-16-31(29)27-28/h13-14,17-20,27-29H,2-12,15-16H2,1H3. The molecule has 0 bridgehead atoms. The molecule has 3 rings (SSSR count). The number of hydrogen-bond donors (Lipinski definition) is 3. The van der Waals surface area contributed by atoms with Gasteiger partial charge in [0.25, 0.3) is 0 Å². The molecule has 1 unspecified atom stereocenters. The number of halogens is 2. The van der Waals surface area contributed by atoms with Crippen LogP contribution in [0.5, 0.6) is 5.75 Å². The summed E-state index contributed by atoms with van der Waals surface area (Å²) in [5.74, 6) is 2.56. The van der Waals surface area contributed by atoms with Gasteiger partial charge < -0.3 is 14.8 Å². The molecule has 0 spiro atoms. The van der Waals surface area contributed by atoms with Gasteiger partial charge in [-0.15, -0.1) is 0 Å². The molecule has 176 valence electrons. The van der Waals surface area contributed by atoms with E-state index in [4.69, 9.17) is 21.5 Å². The van der Waals surface area contributed by atoms with Gasteiger partial charge in [-0.1, -0.05) is 56.7 Å². The molecule has 2 fully saturated rings.